The molecule has 6 nitrogen and oxygen atoms in total. The summed E-state index contributed by atoms with van der Waals surface area (Å²) in [5.74, 6) is 0.0769. The number of rotatable bonds is 6. The first kappa shape index (κ1) is 14.9. The van der Waals surface area contributed by atoms with E-state index in [0.717, 1.165) is 0 Å². The van der Waals surface area contributed by atoms with Gasteiger partial charge in [0.15, 0.2) is 0 Å². The second-order valence-corrected chi connectivity index (χ2v) is 5.28. The molecule has 0 unspecified atom stereocenters. The maximum atomic E-state index is 10.6. The van der Waals surface area contributed by atoms with Crippen LogP contribution in [-0.4, -0.2) is 32.4 Å². The van der Waals surface area contributed by atoms with Gasteiger partial charge in [-0.05, 0) is 5.92 Å². The summed E-state index contributed by atoms with van der Waals surface area (Å²) in [5.41, 5.74) is 0.515. The molecule has 0 saturated carbocycles. The lowest BCUT2D eigenvalue weighted by Gasteiger charge is -2.22. The van der Waals surface area contributed by atoms with Crippen molar-refractivity contribution in [1.29, 1.82) is 0 Å². The van der Waals surface area contributed by atoms with Gasteiger partial charge in [0.05, 0.1) is 12.3 Å². The van der Waals surface area contributed by atoms with Crippen molar-refractivity contribution >= 4 is 17.4 Å². The number of aliphatic hydroxyl groups excluding tert-OH is 2. The number of aromatic nitrogens is 1. The predicted molar refractivity (Wildman–Crippen MR) is 67.4 cm³/mol. The molecule has 18 heavy (non-hydrogen) atoms. The van der Waals surface area contributed by atoms with Crippen LogP contribution >= 0.6 is 11.3 Å². The van der Waals surface area contributed by atoms with E-state index in [1.54, 1.807) is 5.38 Å². The first-order valence-corrected chi connectivity index (χ1v) is 6.54. The number of carbonyl (C=O) groups is 1. The van der Waals surface area contributed by atoms with Gasteiger partial charge in [0.1, 0.15) is 11.1 Å². The van der Waals surface area contributed by atoms with Gasteiger partial charge in [0, 0.05) is 17.8 Å². The summed E-state index contributed by atoms with van der Waals surface area (Å²) in [6.07, 6.45) is -1.66. The number of thiazole rings is 1. The highest BCUT2D eigenvalue weighted by molar-refractivity contribution is 7.09. The molecule has 1 rings (SSSR count). The lowest BCUT2D eigenvalue weighted by molar-refractivity contribution is 0.134. The Morgan fingerprint density at radius 3 is 2.67 bits per heavy atom. The van der Waals surface area contributed by atoms with Crippen LogP contribution in [0, 0.1) is 5.92 Å². The van der Waals surface area contributed by atoms with Crippen LogP contribution in [0.4, 0.5) is 4.79 Å². The fourth-order valence-corrected chi connectivity index (χ4v) is 2.35. The van der Waals surface area contributed by atoms with Gasteiger partial charge < -0.3 is 20.6 Å². The Hall–Kier alpha value is -1.18. The normalized spacial score (nSPS) is 14.5. The van der Waals surface area contributed by atoms with E-state index in [0.29, 0.717) is 10.7 Å². The lowest BCUT2D eigenvalue weighted by Crippen LogP contribution is -2.38. The number of aliphatic hydroxyl groups is 2. The Morgan fingerprint density at radius 1 is 1.56 bits per heavy atom. The van der Waals surface area contributed by atoms with Gasteiger partial charge in [0.25, 0.3) is 0 Å². The molecular formula is C11H18N2O4S. The molecule has 0 bridgehead atoms. The van der Waals surface area contributed by atoms with Crippen molar-refractivity contribution in [2.45, 2.75) is 39.0 Å². The minimum atomic E-state index is -1.10. The van der Waals surface area contributed by atoms with E-state index < -0.39 is 12.2 Å². The maximum Gasteiger partial charge on any atom is 0.404 e. The standard InChI is InChI=1S/C11H18N2O4S/c1-6(2)8(13-11(16)17)3-9(15)10-12-7(4-14)5-18-10/h5-6,8-9,13-15H,3-4H2,1-2H3,(H,16,17)/t8-,9-/m1/s1. The zero-order valence-electron chi connectivity index (χ0n) is 10.3. The predicted octanol–water partition coefficient (Wildman–Crippen LogP) is 1.35. The summed E-state index contributed by atoms with van der Waals surface area (Å²) in [4.78, 5) is 14.7. The van der Waals surface area contributed by atoms with Crippen LogP contribution < -0.4 is 5.32 Å². The van der Waals surface area contributed by atoms with Crippen LogP contribution in [0.2, 0.25) is 0 Å². The summed E-state index contributed by atoms with van der Waals surface area (Å²) in [7, 11) is 0. The average molecular weight is 274 g/mol. The zero-order valence-corrected chi connectivity index (χ0v) is 11.1. The van der Waals surface area contributed by atoms with Gasteiger partial charge in [-0.2, -0.15) is 0 Å². The molecule has 2 atom stereocenters. The molecule has 0 aliphatic heterocycles. The first-order valence-electron chi connectivity index (χ1n) is 5.66. The summed E-state index contributed by atoms with van der Waals surface area (Å²) in [5, 5.41) is 32.2. The first-order chi connectivity index (χ1) is 8.43. The molecule has 0 saturated heterocycles. The van der Waals surface area contributed by atoms with Gasteiger partial charge in [-0.25, -0.2) is 9.78 Å². The van der Waals surface area contributed by atoms with Crippen molar-refractivity contribution in [2.24, 2.45) is 5.92 Å². The van der Waals surface area contributed by atoms with E-state index in [1.165, 1.54) is 11.3 Å². The highest BCUT2D eigenvalue weighted by Crippen LogP contribution is 2.24. The largest absolute Gasteiger partial charge is 0.465 e. The van der Waals surface area contributed by atoms with Gasteiger partial charge in [0.2, 0.25) is 0 Å². The van der Waals surface area contributed by atoms with Gasteiger partial charge >= 0.3 is 6.09 Å². The van der Waals surface area contributed by atoms with Crippen molar-refractivity contribution in [1.82, 2.24) is 10.3 Å². The summed E-state index contributed by atoms with van der Waals surface area (Å²) in [6, 6.07) is -0.334. The Morgan fingerprint density at radius 2 is 2.22 bits per heavy atom. The van der Waals surface area contributed by atoms with Gasteiger partial charge in [-0.1, -0.05) is 13.8 Å². The molecule has 0 aromatic carbocycles. The molecule has 1 aromatic rings. The van der Waals surface area contributed by atoms with Crippen LogP contribution in [0.3, 0.4) is 0 Å². The van der Waals surface area contributed by atoms with Crippen molar-refractivity contribution in [3.05, 3.63) is 16.1 Å². The number of hydrogen-bond acceptors (Lipinski definition) is 5. The number of hydrogen-bond donors (Lipinski definition) is 4. The fourth-order valence-electron chi connectivity index (χ4n) is 1.55. The van der Waals surface area contributed by atoms with E-state index in [9.17, 15) is 9.90 Å². The maximum absolute atomic E-state index is 10.6. The molecular weight excluding hydrogens is 256 g/mol. The zero-order chi connectivity index (χ0) is 13.7. The molecule has 1 heterocycles. The highest BCUT2D eigenvalue weighted by Gasteiger charge is 2.22. The third-order valence-corrected chi connectivity index (χ3v) is 3.60. The summed E-state index contributed by atoms with van der Waals surface area (Å²) < 4.78 is 0. The van der Waals surface area contributed by atoms with E-state index in [2.05, 4.69) is 10.3 Å². The average Bonchev–Trinajstić information content (AvgIpc) is 2.75. The monoisotopic (exact) mass is 274 g/mol. The van der Waals surface area contributed by atoms with Crippen LogP contribution in [0.25, 0.3) is 0 Å². The smallest absolute Gasteiger partial charge is 0.404 e. The number of carboxylic acid groups (broad SMARTS) is 1. The summed E-state index contributed by atoms with van der Waals surface area (Å²) in [6.45, 7) is 3.60. The minimum Gasteiger partial charge on any atom is -0.465 e. The van der Waals surface area contributed by atoms with Crippen molar-refractivity contribution in [2.75, 3.05) is 0 Å². The molecule has 4 N–H and O–H groups in total. The van der Waals surface area contributed by atoms with Crippen LogP contribution in [0.15, 0.2) is 5.38 Å². The third-order valence-electron chi connectivity index (χ3n) is 2.61. The van der Waals surface area contributed by atoms with E-state index >= 15 is 0 Å². The topological polar surface area (TPSA) is 103 Å². The van der Waals surface area contributed by atoms with E-state index in [1.807, 2.05) is 13.8 Å². The summed E-state index contributed by atoms with van der Waals surface area (Å²) >= 11 is 1.26. The van der Waals surface area contributed by atoms with Gasteiger partial charge in [-0.3, -0.25) is 0 Å². The van der Waals surface area contributed by atoms with Crippen LogP contribution in [0.5, 0.6) is 0 Å². The second kappa shape index (κ2) is 6.67. The number of nitrogens with one attached hydrogen (secondary N) is 1. The van der Waals surface area contributed by atoms with Crippen LogP contribution in [-0.2, 0) is 6.61 Å². The number of amides is 1. The second-order valence-electron chi connectivity index (χ2n) is 4.39. The molecule has 102 valence electrons. The Labute approximate surface area is 109 Å². The molecule has 1 amide bonds. The molecule has 0 radical (unpaired) electrons. The van der Waals surface area contributed by atoms with Gasteiger partial charge in [-0.15, -0.1) is 11.3 Å². The fraction of sp³-hybridized carbons (Fsp3) is 0.636. The number of nitrogens with zero attached hydrogens (tertiary/aromatic N) is 1. The third kappa shape index (κ3) is 4.25. The van der Waals surface area contributed by atoms with Crippen molar-refractivity contribution < 1.29 is 20.1 Å². The van der Waals surface area contributed by atoms with Crippen LogP contribution in [0.1, 0.15) is 37.1 Å². The molecule has 7 heteroatoms. The van der Waals surface area contributed by atoms with E-state index in [4.69, 9.17) is 10.2 Å². The Balaban J connectivity index is 2.65. The molecule has 1 aromatic heterocycles. The van der Waals surface area contributed by atoms with E-state index in [-0.39, 0.29) is 25.0 Å². The van der Waals surface area contributed by atoms with Crippen molar-refractivity contribution in [3.63, 3.8) is 0 Å². The molecule has 0 aliphatic carbocycles. The SMILES string of the molecule is CC(C)[C@@H](C[C@@H](O)c1nc(CO)cs1)NC(=O)O. The Kier molecular flexibility index (Phi) is 5.52. The quantitative estimate of drug-likeness (QED) is 0.627. The Bertz CT molecular complexity index is 394. The van der Waals surface area contributed by atoms with Crippen molar-refractivity contribution in [3.8, 4) is 0 Å². The minimum absolute atomic E-state index is 0.0769. The molecule has 0 spiro atoms. The molecule has 0 aliphatic rings. The lowest BCUT2D eigenvalue weighted by atomic mass is 9.98. The highest BCUT2D eigenvalue weighted by atomic mass is 32.1. The molecule has 0 fully saturated rings.